The minimum Gasteiger partial charge on any atom is -0.444 e. The van der Waals surface area contributed by atoms with Gasteiger partial charge in [0, 0.05) is 30.0 Å². The topological polar surface area (TPSA) is 83.6 Å². The maximum Gasteiger partial charge on any atom is 0.410 e. The highest BCUT2D eigenvalue weighted by Crippen LogP contribution is 2.45. The molecule has 0 aliphatic carbocycles. The predicted molar refractivity (Wildman–Crippen MR) is 130 cm³/mol. The lowest BCUT2D eigenvalue weighted by molar-refractivity contribution is -0.116. The minimum atomic E-state index is -0.536. The molecule has 1 aromatic carbocycles. The molecule has 32 heavy (non-hydrogen) atoms. The number of rotatable bonds is 5. The molecule has 2 N–H and O–H groups in total. The van der Waals surface area contributed by atoms with Crippen LogP contribution in [0.5, 0.6) is 0 Å². The van der Waals surface area contributed by atoms with Gasteiger partial charge in [0.1, 0.15) is 15.6 Å². The van der Waals surface area contributed by atoms with Gasteiger partial charge in [-0.2, -0.15) is 0 Å². The molecule has 4 rings (SSSR count). The summed E-state index contributed by atoms with van der Waals surface area (Å²) in [6.45, 7) is 7.27. The van der Waals surface area contributed by atoms with Crippen LogP contribution in [0.3, 0.4) is 0 Å². The number of anilines is 1. The summed E-state index contributed by atoms with van der Waals surface area (Å²) in [6, 6.07) is 8.05. The Morgan fingerprint density at radius 2 is 2.00 bits per heavy atom. The second-order valence-electron chi connectivity index (χ2n) is 8.75. The molecular weight excluding hydrogens is 444 g/mol. The number of carbonyl (C=O) groups is 2. The molecule has 3 aromatic rings. The Morgan fingerprint density at radius 3 is 2.72 bits per heavy atom. The van der Waals surface area contributed by atoms with E-state index in [1.54, 1.807) is 16.2 Å². The molecule has 2 amide bonds. The van der Waals surface area contributed by atoms with Gasteiger partial charge in [-0.25, -0.2) is 9.78 Å². The lowest BCUT2D eigenvalue weighted by Crippen LogP contribution is -2.39. The predicted octanol–water partition coefficient (Wildman–Crippen LogP) is 4.87. The van der Waals surface area contributed by atoms with E-state index in [1.165, 1.54) is 11.3 Å². The monoisotopic (exact) mass is 472 g/mol. The maximum absolute atomic E-state index is 12.6. The SMILES string of the molecule is CNCCC(=O)Nc1sc2c(c1-c1nc3ccccc3s1)CCN(C(=O)OC(C)(C)C)C2. The van der Waals surface area contributed by atoms with Gasteiger partial charge in [-0.05, 0) is 51.9 Å². The van der Waals surface area contributed by atoms with Crippen molar-refractivity contribution in [3.63, 3.8) is 0 Å². The number of ether oxygens (including phenoxy) is 1. The first kappa shape index (κ1) is 22.7. The number of fused-ring (bicyclic) bond motifs is 2. The Morgan fingerprint density at radius 1 is 1.22 bits per heavy atom. The Bertz CT molecular complexity index is 1110. The van der Waals surface area contributed by atoms with Crippen molar-refractivity contribution in [2.45, 2.75) is 45.8 Å². The van der Waals surface area contributed by atoms with Crippen LogP contribution < -0.4 is 10.6 Å². The minimum absolute atomic E-state index is 0.0377. The number of carbonyl (C=O) groups excluding carboxylic acids is 2. The number of hydrogen-bond donors (Lipinski definition) is 2. The van der Waals surface area contributed by atoms with Crippen LogP contribution >= 0.6 is 22.7 Å². The molecule has 0 radical (unpaired) electrons. The number of nitrogens with zero attached hydrogens (tertiary/aromatic N) is 2. The zero-order chi connectivity index (χ0) is 22.9. The van der Waals surface area contributed by atoms with E-state index in [9.17, 15) is 9.59 Å². The Labute approximate surface area is 195 Å². The quantitative estimate of drug-likeness (QED) is 0.554. The fraction of sp³-hybridized carbons (Fsp3) is 0.435. The second kappa shape index (κ2) is 9.17. The van der Waals surface area contributed by atoms with Crippen molar-refractivity contribution in [2.75, 3.05) is 25.5 Å². The molecule has 0 unspecified atom stereocenters. The molecular formula is C23H28N4O3S2. The van der Waals surface area contributed by atoms with E-state index in [0.717, 1.165) is 36.2 Å². The van der Waals surface area contributed by atoms with E-state index >= 15 is 0 Å². The van der Waals surface area contributed by atoms with E-state index in [1.807, 2.05) is 46.0 Å². The van der Waals surface area contributed by atoms with E-state index < -0.39 is 5.60 Å². The highest BCUT2D eigenvalue weighted by atomic mass is 32.1. The van der Waals surface area contributed by atoms with Crippen LogP contribution in [0, 0.1) is 0 Å². The largest absolute Gasteiger partial charge is 0.444 e. The lowest BCUT2D eigenvalue weighted by atomic mass is 10.0. The molecule has 0 saturated carbocycles. The van der Waals surface area contributed by atoms with Gasteiger partial charge in [0.05, 0.1) is 16.8 Å². The third kappa shape index (κ3) is 4.95. The number of hydrogen-bond acceptors (Lipinski definition) is 7. The van der Waals surface area contributed by atoms with Crippen LogP contribution in [-0.4, -0.2) is 47.6 Å². The Balaban J connectivity index is 1.69. The van der Waals surface area contributed by atoms with Gasteiger partial charge >= 0.3 is 6.09 Å². The van der Waals surface area contributed by atoms with Crippen LogP contribution in [0.2, 0.25) is 0 Å². The third-order valence-corrected chi connectivity index (χ3v) is 7.26. The van der Waals surface area contributed by atoms with Crippen molar-refractivity contribution in [1.29, 1.82) is 0 Å². The molecule has 2 aromatic heterocycles. The summed E-state index contributed by atoms with van der Waals surface area (Å²) in [5.74, 6) is -0.0377. The van der Waals surface area contributed by atoms with Gasteiger partial charge in [-0.3, -0.25) is 4.79 Å². The molecule has 7 nitrogen and oxygen atoms in total. The van der Waals surface area contributed by atoms with Crippen molar-refractivity contribution in [3.05, 3.63) is 34.7 Å². The fourth-order valence-electron chi connectivity index (χ4n) is 3.61. The fourth-order valence-corrected chi connectivity index (χ4v) is 6.00. The molecule has 170 valence electrons. The van der Waals surface area contributed by atoms with E-state index in [0.29, 0.717) is 32.5 Å². The van der Waals surface area contributed by atoms with Crippen molar-refractivity contribution < 1.29 is 14.3 Å². The average molecular weight is 473 g/mol. The lowest BCUT2D eigenvalue weighted by Gasteiger charge is -2.30. The van der Waals surface area contributed by atoms with Gasteiger partial charge in [-0.1, -0.05) is 12.1 Å². The van der Waals surface area contributed by atoms with Crippen LogP contribution in [0.1, 0.15) is 37.6 Å². The number of para-hydroxylation sites is 1. The first-order valence-electron chi connectivity index (χ1n) is 10.7. The molecule has 0 bridgehead atoms. The summed E-state index contributed by atoms with van der Waals surface area (Å²) < 4.78 is 6.68. The van der Waals surface area contributed by atoms with E-state index in [4.69, 9.17) is 9.72 Å². The van der Waals surface area contributed by atoms with Gasteiger partial charge in [0.15, 0.2) is 0 Å². The molecule has 1 aliphatic rings. The molecule has 1 aliphatic heterocycles. The number of aromatic nitrogens is 1. The smallest absolute Gasteiger partial charge is 0.410 e. The highest BCUT2D eigenvalue weighted by molar-refractivity contribution is 7.22. The molecule has 0 spiro atoms. The molecule has 0 atom stereocenters. The second-order valence-corrected chi connectivity index (χ2v) is 10.9. The van der Waals surface area contributed by atoms with E-state index in [2.05, 4.69) is 16.7 Å². The normalized spacial score (nSPS) is 13.8. The van der Waals surface area contributed by atoms with Gasteiger partial charge in [-0.15, -0.1) is 22.7 Å². The average Bonchev–Trinajstić information content (AvgIpc) is 3.30. The van der Waals surface area contributed by atoms with Crippen molar-refractivity contribution >= 4 is 49.9 Å². The molecule has 0 saturated heterocycles. The van der Waals surface area contributed by atoms with Crippen LogP contribution in [0.25, 0.3) is 20.8 Å². The summed E-state index contributed by atoms with van der Waals surface area (Å²) in [6.07, 6.45) is 0.781. The van der Waals surface area contributed by atoms with Gasteiger partial charge < -0.3 is 20.3 Å². The first-order chi connectivity index (χ1) is 15.2. The number of thiophene rings is 1. The van der Waals surface area contributed by atoms with Gasteiger partial charge in [0.25, 0.3) is 0 Å². The van der Waals surface area contributed by atoms with Crippen LogP contribution in [-0.2, 0) is 22.5 Å². The summed E-state index contributed by atoms with van der Waals surface area (Å²) in [5.41, 5.74) is 2.57. The zero-order valence-corrected chi connectivity index (χ0v) is 20.4. The molecule has 0 fully saturated rings. The van der Waals surface area contributed by atoms with Crippen molar-refractivity contribution in [1.82, 2.24) is 15.2 Å². The number of amides is 2. The van der Waals surface area contributed by atoms with Gasteiger partial charge in [0.2, 0.25) is 5.91 Å². The van der Waals surface area contributed by atoms with Crippen molar-refractivity contribution in [2.24, 2.45) is 0 Å². The molecule has 3 heterocycles. The maximum atomic E-state index is 12.6. The van der Waals surface area contributed by atoms with Crippen LogP contribution in [0.4, 0.5) is 9.80 Å². The summed E-state index contributed by atoms with van der Waals surface area (Å²) >= 11 is 3.16. The number of nitrogens with one attached hydrogen (secondary N) is 2. The summed E-state index contributed by atoms with van der Waals surface area (Å²) in [7, 11) is 1.83. The summed E-state index contributed by atoms with van der Waals surface area (Å²) in [4.78, 5) is 32.8. The van der Waals surface area contributed by atoms with Crippen LogP contribution in [0.15, 0.2) is 24.3 Å². The Hall–Kier alpha value is -2.49. The first-order valence-corrected chi connectivity index (χ1v) is 12.3. The van der Waals surface area contributed by atoms with Crippen molar-refractivity contribution in [3.8, 4) is 10.6 Å². The zero-order valence-electron chi connectivity index (χ0n) is 18.8. The number of benzene rings is 1. The highest BCUT2D eigenvalue weighted by Gasteiger charge is 2.31. The van der Waals surface area contributed by atoms with E-state index in [-0.39, 0.29) is 12.0 Å². The Kier molecular flexibility index (Phi) is 6.50. The number of thiazole rings is 1. The third-order valence-electron chi connectivity index (χ3n) is 5.07. The standard InChI is InChI=1S/C23H28N4O3S2/c1-23(2,3)30-22(29)27-12-10-14-17(13-27)32-21(26-18(28)9-11-24-4)19(14)20-25-15-7-5-6-8-16(15)31-20/h5-8,24H,9-13H2,1-4H3,(H,26,28). The summed E-state index contributed by atoms with van der Waals surface area (Å²) in [5, 5.41) is 7.82. The molecule has 9 heteroatoms.